The summed E-state index contributed by atoms with van der Waals surface area (Å²) in [6.45, 7) is 0.413. The molecule has 24 heavy (non-hydrogen) atoms. The van der Waals surface area contributed by atoms with E-state index in [0.717, 1.165) is 0 Å². The predicted octanol–water partition coefficient (Wildman–Crippen LogP) is 3.27. The van der Waals surface area contributed by atoms with E-state index in [9.17, 15) is 13.2 Å². The maximum atomic E-state index is 12.9. The zero-order valence-corrected chi connectivity index (χ0v) is 12.9. The van der Waals surface area contributed by atoms with Gasteiger partial charge in [-0.25, -0.2) is 14.6 Å². The van der Waals surface area contributed by atoms with Crippen molar-refractivity contribution < 1.29 is 13.2 Å². The molecule has 0 unspecified atom stereocenters. The summed E-state index contributed by atoms with van der Waals surface area (Å²) in [7, 11) is 0. The van der Waals surface area contributed by atoms with Crippen LogP contribution in [0.5, 0.6) is 0 Å². The van der Waals surface area contributed by atoms with Crippen LogP contribution in [0.2, 0.25) is 0 Å². The number of alkyl halides is 3. The highest BCUT2D eigenvalue weighted by Gasteiger charge is 2.42. The van der Waals surface area contributed by atoms with E-state index in [4.69, 9.17) is 5.26 Å². The van der Waals surface area contributed by atoms with Gasteiger partial charge >= 0.3 is 6.18 Å². The Morgan fingerprint density at radius 2 is 2.17 bits per heavy atom. The molecule has 0 saturated heterocycles. The van der Waals surface area contributed by atoms with Crippen LogP contribution >= 0.6 is 0 Å². The van der Waals surface area contributed by atoms with Gasteiger partial charge < -0.3 is 5.32 Å². The largest absolute Gasteiger partial charge is 0.391 e. The fraction of sp³-hybridized carbons (Fsp3) is 0.600. The maximum Gasteiger partial charge on any atom is 0.391 e. The smallest absolute Gasteiger partial charge is 0.367 e. The molecule has 0 amide bonds. The number of halogens is 3. The van der Waals surface area contributed by atoms with E-state index < -0.39 is 12.1 Å². The average Bonchev–Trinajstić information content (AvgIpc) is 2.97. The van der Waals surface area contributed by atoms with Crippen LogP contribution in [0.25, 0.3) is 11.0 Å². The Bertz CT molecular complexity index is 748. The summed E-state index contributed by atoms with van der Waals surface area (Å²) in [5.74, 6) is -0.768. The summed E-state index contributed by atoms with van der Waals surface area (Å²) in [5.41, 5.74) is 0.575. The normalized spacial score (nSPS) is 21.6. The first-order valence-electron chi connectivity index (χ1n) is 7.85. The lowest BCUT2D eigenvalue weighted by molar-refractivity contribution is -0.182. The number of rotatable bonds is 4. The van der Waals surface area contributed by atoms with Crippen molar-refractivity contribution in [2.75, 3.05) is 5.32 Å². The standard InChI is InChI=1S/C15H17F3N6/c16-15(17,18)10-3-1-4-11(7-10)23-13-12-8-22-24(6-2-5-19)14(12)21-9-20-13/h8-11H,1-4,6-7H2,(H,20,21,23)/t10-,11-/m0/s1. The molecule has 1 N–H and O–H groups in total. The number of nitrogens with one attached hydrogen (secondary N) is 1. The summed E-state index contributed by atoms with van der Waals surface area (Å²) in [6.07, 6.45) is 0.560. The van der Waals surface area contributed by atoms with Crippen molar-refractivity contribution in [1.82, 2.24) is 19.7 Å². The third-order valence-electron chi connectivity index (χ3n) is 4.35. The predicted molar refractivity (Wildman–Crippen MR) is 81.0 cm³/mol. The molecule has 0 bridgehead atoms. The first-order valence-corrected chi connectivity index (χ1v) is 7.85. The molecular weight excluding hydrogens is 321 g/mol. The molecule has 1 aliphatic carbocycles. The molecule has 1 fully saturated rings. The second kappa shape index (κ2) is 6.63. The number of aromatic nitrogens is 4. The van der Waals surface area contributed by atoms with Gasteiger partial charge in [0.25, 0.3) is 0 Å². The lowest BCUT2D eigenvalue weighted by Crippen LogP contribution is -2.34. The molecule has 0 aliphatic heterocycles. The third kappa shape index (κ3) is 3.42. The monoisotopic (exact) mass is 338 g/mol. The van der Waals surface area contributed by atoms with Gasteiger partial charge in [0.05, 0.1) is 36.5 Å². The van der Waals surface area contributed by atoms with Crippen LogP contribution in [0.4, 0.5) is 19.0 Å². The third-order valence-corrected chi connectivity index (χ3v) is 4.35. The van der Waals surface area contributed by atoms with E-state index in [1.807, 2.05) is 6.07 Å². The van der Waals surface area contributed by atoms with Crippen molar-refractivity contribution in [1.29, 1.82) is 5.26 Å². The van der Waals surface area contributed by atoms with Crippen molar-refractivity contribution in [2.24, 2.45) is 5.92 Å². The van der Waals surface area contributed by atoms with Crippen molar-refractivity contribution >= 4 is 16.9 Å². The first-order chi connectivity index (χ1) is 11.5. The highest BCUT2D eigenvalue weighted by atomic mass is 19.4. The highest BCUT2D eigenvalue weighted by molar-refractivity contribution is 5.86. The Hall–Kier alpha value is -2.37. The molecule has 9 heteroatoms. The number of anilines is 1. The van der Waals surface area contributed by atoms with Gasteiger partial charge in [-0.3, -0.25) is 0 Å². The summed E-state index contributed by atoms with van der Waals surface area (Å²) in [5, 5.41) is 16.6. The number of fused-ring (bicyclic) bond motifs is 1. The SMILES string of the molecule is N#CCCn1ncc2c(N[C@H]3CCC[C@H](C(F)(F)F)C3)ncnc21. The number of hydrogen-bond donors (Lipinski definition) is 1. The molecule has 2 aromatic heterocycles. The van der Waals surface area contributed by atoms with Crippen molar-refractivity contribution in [2.45, 2.75) is 50.9 Å². The number of nitriles is 1. The van der Waals surface area contributed by atoms with Crippen LogP contribution in [0.1, 0.15) is 32.1 Å². The topological polar surface area (TPSA) is 79.4 Å². The molecule has 2 heterocycles. The Morgan fingerprint density at radius 3 is 2.92 bits per heavy atom. The molecule has 3 rings (SSSR count). The second-order valence-corrected chi connectivity index (χ2v) is 5.98. The van der Waals surface area contributed by atoms with Gasteiger partial charge in [-0.1, -0.05) is 6.42 Å². The second-order valence-electron chi connectivity index (χ2n) is 5.98. The number of hydrogen-bond acceptors (Lipinski definition) is 5. The van der Waals surface area contributed by atoms with Gasteiger partial charge in [-0.15, -0.1) is 0 Å². The van der Waals surface area contributed by atoms with Gasteiger partial charge in [0.2, 0.25) is 0 Å². The fourth-order valence-corrected chi connectivity index (χ4v) is 3.14. The van der Waals surface area contributed by atoms with Crippen molar-refractivity contribution in [3.63, 3.8) is 0 Å². The van der Waals surface area contributed by atoms with Crippen LogP contribution in [0, 0.1) is 17.2 Å². The van der Waals surface area contributed by atoms with E-state index in [0.29, 0.717) is 42.7 Å². The minimum atomic E-state index is -4.15. The minimum Gasteiger partial charge on any atom is -0.367 e. The van der Waals surface area contributed by atoms with E-state index in [2.05, 4.69) is 20.4 Å². The maximum absolute atomic E-state index is 12.9. The fourth-order valence-electron chi connectivity index (χ4n) is 3.14. The molecule has 2 aromatic rings. The Labute approximate surface area is 136 Å². The lowest BCUT2D eigenvalue weighted by atomic mass is 9.85. The van der Waals surface area contributed by atoms with Crippen LogP contribution in [-0.2, 0) is 6.54 Å². The van der Waals surface area contributed by atoms with Gasteiger partial charge in [0.1, 0.15) is 12.1 Å². The quantitative estimate of drug-likeness (QED) is 0.925. The molecule has 0 aromatic carbocycles. The molecular formula is C15H17F3N6. The molecule has 0 spiro atoms. The van der Waals surface area contributed by atoms with Gasteiger partial charge in [0.15, 0.2) is 5.65 Å². The zero-order valence-electron chi connectivity index (χ0n) is 12.9. The summed E-state index contributed by atoms with van der Waals surface area (Å²) in [6, 6.07) is 1.77. The van der Waals surface area contributed by atoms with Gasteiger partial charge in [-0.2, -0.15) is 23.5 Å². The van der Waals surface area contributed by atoms with E-state index in [1.54, 1.807) is 10.9 Å². The first kappa shape index (κ1) is 16.5. The number of nitrogens with zero attached hydrogens (tertiary/aromatic N) is 5. The minimum absolute atomic E-state index is 0.0531. The summed E-state index contributed by atoms with van der Waals surface area (Å²) in [4.78, 5) is 8.32. The van der Waals surface area contributed by atoms with Crippen molar-refractivity contribution in [3.05, 3.63) is 12.5 Å². The molecule has 0 radical (unpaired) electrons. The Kier molecular flexibility index (Phi) is 4.55. The molecule has 128 valence electrons. The average molecular weight is 338 g/mol. The van der Waals surface area contributed by atoms with Crippen LogP contribution in [0.15, 0.2) is 12.5 Å². The van der Waals surface area contributed by atoms with Gasteiger partial charge in [0, 0.05) is 6.04 Å². The molecule has 1 saturated carbocycles. The van der Waals surface area contributed by atoms with Crippen molar-refractivity contribution in [3.8, 4) is 6.07 Å². The number of aryl methyl sites for hydroxylation is 1. The van der Waals surface area contributed by atoms with Crippen LogP contribution in [0.3, 0.4) is 0 Å². The van der Waals surface area contributed by atoms with Crippen LogP contribution < -0.4 is 5.32 Å². The lowest BCUT2D eigenvalue weighted by Gasteiger charge is -2.31. The molecule has 6 nitrogen and oxygen atoms in total. The van der Waals surface area contributed by atoms with E-state index in [-0.39, 0.29) is 18.9 Å². The highest BCUT2D eigenvalue weighted by Crippen LogP contribution is 2.38. The summed E-state index contributed by atoms with van der Waals surface area (Å²) < 4.78 is 40.4. The molecule has 1 aliphatic rings. The summed E-state index contributed by atoms with van der Waals surface area (Å²) >= 11 is 0. The Balaban J connectivity index is 1.78. The zero-order chi connectivity index (χ0) is 17.2. The van der Waals surface area contributed by atoms with Gasteiger partial charge in [-0.05, 0) is 19.3 Å². The van der Waals surface area contributed by atoms with E-state index in [1.165, 1.54) is 6.33 Å². The molecule has 2 atom stereocenters. The Morgan fingerprint density at radius 1 is 1.33 bits per heavy atom. The van der Waals surface area contributed by atoms with Crippen LogP contribution in [-0.4, -0.2) is 32.0 Å². The van der Waals surface area contributed by atoms with E-state index >= 15 is 0 Å².